The third-order valence-corrected chi connectivity index (χ3v) is 3.78. The minimum atomic E-state index is -0.179. The molecule has 0 radical (unpaired) electrons. The molecular weight excluding hydrogens is 252 g/mol. The van der Waals surface area contributed by atoms with Gasteiger partial charge in [0.05, 0.1) is 19.8 Å². The Morgan fingerprint density at radius 2 is 2.05 bits per heavy atom. The van der Waals surface area contributed by atoms with Gasteiger partial charge in [-0.05, 0) is 29.3 Å². The number of nitrogens with zero attached hydrogens (tertiary/aromatic N) is 1. The number of methoxy groups -OCH3 is 1. The molecule has 3 rings (SSSR count). The second kappa shape index (κ2) is 5.13. The van der Waals surface area contributed by atoms with Gasteiger partial charge in [-0.3, -0.25) is 4.98 Å². The molecule has 1 aliphatic heterocycles. The normalized spacial score (nSPS) is 18.2. The Morgan fingerprint density at radius 3 is 2.75 bits per heavy atom. The lowest BCUT2D eigenvalue weighted by molar-refractivity contribution is 0.314. The van der Waals surface area contributed by atoms with Gasteiger partial charge in [0.1, 0.15) is 0 Å². The van der Waals surface area contributed by atoms with Crippen LogP contribution >= 0.6 is 0 Å². The smallest absolute Gasteiger partial charge is 0.165 e. The first kappa shape index (κ1) is 12.9. The number of aromatic nitrogens is 1. The van der Waals surface area contributed by atoms with Crippen LogP contribution in [0.4, 0.5) is 0 Å². The van der Waals surface area contributed by atoms with Crippen LogP contribution in [0.15, 0.2) is 36.7 Å². The molecule has 1 aromatic carbocycles. The van der Waals surface area contributed by atoms with Crippen molar-refractivity contribution in [2.24, 2.45) is 5.73 Å². The van der Waals surface area contributed by atoms with Gasteiger partial charge in [-0.1, -0.05) is 13.0 Å². The van der Waals surface area contributed by atoms with E-state index >= 15 is 0 Å². The summed E-state index contributed by atoms with van der Waals surface area (Å²) in [5.41, 5.74) is 9.72. The van der Waals surface area contributed by atoms with Gasteiger partial charge in [0, 0.05) is 23.9 Å². The summed E-state index contributed by atoms with van der Waals surface area (Å²) in [6.07, 6.45) is 3.53. The molecule has 2 aromatic rings. The Labute approximate surface area is 118 Å². The average molecular weight is 270 g/mol. The van der Waals surface area contributed by atoms with E-state index in [2.05, 4.69) is 11.9 Å². The molecule has 2 unspecified atom stereocenters. The van der Waals surface area contributed by atoms with Crippen molar-refractivity contribution in [3.63, 3.8) is 0 Å². The number of benzene rings is 1. The monoisotopic (exact) mass is 270 g/mol. The average Bonchev–Trinajstić information content (AvgIpc) is 2.89. The Hall–Kier alpha value is -2.07. The first-order valence-corrected chi connectivity index (χ1v) is 6.71. The first-order valence-electron chi connectivity index (χ1n) is 6.71. The minimum Gasteiger partial charge on any atom is -0.493 e. The zero-order valence-corrected chi connectivity index (χ0v) is 11.7. The van der Waals surface area contributed by atoms with Crippen molar-refractivity contribution < 1.29 is 9.47 Å². The van der Waals surface area contributed by atoms with E-state index in [0.29, 0.717) is 12.5 Å². The van der Waals surface area contributed by atoms with Crippen LogP contribution in [0.3, 0.4) is 0 Å². The summed E-state index contributed by atoms with van der Waals surface area (Å²) >= 11 is 0. The molecule has 2 N–H and O–H groups in total. The van der Waals surface area contributed by atoms with Crippen molar-refractivity contribution in [1.82, 2.24) is 4.98 Å². The molecule has 0 amide bonds. The summed E-state index contributed by atoms with van der Waals surface area (Å²) in [7, 11) is 1.66. The topological polar surface area (TPSA) is 57.4 Å². The molecular formula is C16H18N2O2. The molecule has 0 spiro atoms. The standard InChI is InChI=1S/C16H18N2O2/c1-10-9-20-16-13(19-2)4-3-12(14(10)16)15(17)11-5-7-18-8-6-11/h3-8,10,15H,9,17H2,1-2H3. The molecule has 0 bridgehead atoms. The number of fused-ring (bicyclic) bond motifs is 1. The van der Waals surface area contributed by atoms with Gasteiger partial charge in [-0.25, -0.2) is 0 Å². The molecule has 2 atom stereocenters. The van der Waals surface area contributed by atoms with Crippen LogP contribution in [0, 0.1) is 0 Å². The molecule has 20 heavy (non-hydrogen) atoms. The maximum atomic E-state index is 6.42. The van der Waals surface area contributed by atoms with Crippen molar-refractivity contribution in [1.29, 1.82) is 0 Å². The van der Waals surface area contributed by atoms with Crippen molar-refractivity contribution >= 4 is 0 Å². The number of rotatable bonds is 3. The summed E-state index contributed by atoms with van der Waals surface area (Å²) in [5, 5.41) is 0. The number of nitrogens with two attached hydrogens (primary N) is 1. The molecule has 0 aliphatic carbocycles. The van der Waals surface area contributed by atoms with Gasteiger partial charge in [-0.2, -0.15) is 0 Å². The highest BCUT2D eigenvalue weighted by atomic mass is 16.5. The number of hydrogen-bond acceptors (Lipinski definition) is 4. The van der Waals surface area contributed by atoms with Crippen LogP contribution in [0.2, 0.25) is 0 Å². The molecule has 4 nitrogen and oxygen atoms in total. The van der Waals surface area contributed by atoms with Crippen molar-refractivity contribution in [2.45, 2.75) is 18.9 Å². The molecule has 2 heterocycles. The summed E-state index contributed by atoms with van der Waals surface area (Å²) in [6.45, 7) is 2.82. The summed E-state index contributed by atoms with van der Waals surface area (Å²) in [6, 6.07) is 7.67. The molecule has 0 saturated heterocycles. The fourth-order valence-corrected chi connectivity index (χ4v) is 2.73. The van der Waals surface area contributed by atoms with Crippen LogP contribution in [-0.4, -0.2) is 18.7 Å². The molecule has 1 aliphatic rings. The molecule has 0 fully saturated rings. The Kier molecular flexibility index (Phi) is 3.32. The summed E-state index contributed by atoms with van der Waals surface area (Å²) in [5.74, 6) is 1.93. The van der Waals surface area contributed by atoms with Gasteiger partial charge < -0.3 is 15.2 Å². The molecule has 4 heteroatoms. The van der Waals surface area contributed by atoms with E-state index in [4.69, 9.17) is 15.2 Å². The highest BCUT2D eigenvalue weighted by Crippen LogP contribution is 2.45. The fraction of sp³-hybridized carbons (Fsp3) is 0.312. The Balaban J connectivity index is 2.09. The predicted octanol–water partition coefficient (Wildman–Crippen LogP) is 2.63. The lowest BCUT2D eigenvalue weighted by Gasteiger charge is -2.18. The van der Waals surface area contributed by atoms with Crippen LogP contribution in [0.1, 0.15) is 35.6 Å². The molecule has 1 aromatic heterocycles. The Bertz CT molecular complexity index is 613. The van der Waals surface area contributed by atoms with E-state index in [1.54, 1.807) is 19.5 Å². The van der Waals surface area contributed by atoms with Crippen LogP contribution in [0.5, 0.6) is 11.5 Å². The molecule has 0 saturated carbocycles. The highest BCUT2D eigenvalue weighted by Gasteiger charge is 2.29. The second-order valence-electron chi connectivity index (χ2n) is 5.07. The zero-order valence-electron chi connectivity index (χ0n) is 11.7. The van der Waals surface area contributed by atoms with Crippen molar-refractivity contribution in [3.8, 4) is 11.5 Å². The first-order chi connectivity index (χ1) is 9.72. The quantitative estimate of drug-likeness (QED) is 0.931. The van der Waals surface area contributed by atoms with E-state index in [1.807, 2.05) is 24.3 Å². The van der Waals surface area contributed by atoms with Gasteiger partial charge in [0.25, 0.3) is 0 Å². The van der Waals surface area contributed by atoms with Crippen molar-refractivity contribution in [2.75, 3.05) is 13.7 Å². The molecule has 104 valence electrons. The number of pyridine rings is 1. The maximum Gasteiger partial charge on any atom is 0.165 e. The zero-order chi connectivity index (χ0) is 14.1. The maximum absolute atomic E-state index is 6.42. The van der Waals surface area contributed by atoms with E-state index in [1.165, 1.54) is 0 Å². The van der Waals surface area contributed by atoms with Gasteiger partial charge in [-0.15, -0.1) is 0 Å². The van der Waals surface area contributed by atoms with Crippen LogP contribution < -0.4 is 15.2 Å². The third-order valence-electron chi connectivity index (χ3n) is 3.78. The highest BCUT2D eigenvalue weighted by molar-refractivity contribution is 5.56. The largest absolute Gasteiger partial charge is 0.493 e. The number of hydrogen-bond donors (Lipinski definition) is 1. The lowest BCUT2D eigenvalue weighted by atomic mass is 9.90. The predicted molar refractivity (Wildman–Crippen MR) is 77.2 cm³/mol. The van der Waals surface area contributed by atoms with Crippen molar-refractivity contribution in [3.05, 3.63) is 53.3 Å². The van der Waals surface area contributed by atoms with Crippen LogP contribution in [-0.2, 0) is 0 Å². The summed E-state index contributed by atoms with van der Waals surface area (Å²) in [4.78, 5) is 4.04. The minimum absolute atomic E-state index is 0.179. The van der Waals surface area contributed by atoms with E-state index in [9.17, 15) is 0 Å². The van der Waals surface area contributed by atoms with E-state index in [-0.39, 0.29) is 6.04 Å². The summed E-state index contributed by atoms with van der Waals surface area (Å²) < 4.78 is 11.1. The second-order valence-corrected chi connectivity index (χ2v) is 5.07. The Morgan fingerprint density at radius 1 is 1.30 bits per heavy atom. The number of ether oxygens (including phenoxy) is 2. The SMILES string of the molecule is COc1ccc(C(N)c2ccncc2)c2c1OCC2C. The van der Waals surface area contributed by atoms with Gasteiger partial charge in [0.2, 0.25) is 0 Å². The van der Waals surface area contributed by atoms with Crippen LogP contribution in [0.25, 0.3) is 0 Å². The van der Waals surface area contributed by atoms with E-state index < -0.39 is 0 Å². The van der Waals surface area contributed by atoms with Gasteiger partial charge in [0.15, 0.2) is 11.5 Å². The fourth-order valence-electron chi connectivity index (χ4n) is 2.73. The van der Waals surface area contributed by atoms with Gasteiger partial charge >= 0.3 is 0 Å². The lowest BCUT2D eigenvalue weighted by Crippen LogP contribution is -2.14. The third kappa shape index (κ3) is 2.02. The van der Waals surface area contributed by atoms with E-state index in [0.717, 1.165) is 28.2 Å².